The van der Waals surface area contributed by atoms with Crippen molar-refractivity contribution in [3.8, 4) is 0 Å². The fraction of sp³-hybridized carbons (Fsp3) is 0.895. The summed E-state index contributed by atoms with van der Waals surface area (Å²) < 4.78 is 12.5. The van der Waals surface area contributed by atoms with Crippen molar-refractivity contribution in [1.82, 2.24) is 4.90 Å². The van der Waals surface area contributed by atoms with Crippen LogP contribution in [0.4, 0.5) is 0 Å². The summed E-state index contributed by atoms with van der Waals surface area (Å²) in [6, 6.07) is 0. The SMILES string of the molecule is CCCCOC1C(OCCCC)[C@@H]([C@H](O)N2CCSC2S)C=C[C@H]1C. The fourth-order valence-electron chi connectivity index (χ4n) is 3.44. The van der Waals surface area contributed by atoms with E-state index in [0.29, 0.717) is 5.92 Å². The molecule has 1 fully saturated rings. The predicted octanol–water partition coefficient (Wildman–Crippen LogP) is 3.76. The van der Waals surface area contributed by atoms with Gasteiger partial charge in [-0.25, -0.2) is 0 Å². The van der Waals surface area contributed by atoms with Crippen molar-refractivity contribution in [2.24, 2.45) is 11.8 Å². The summed E-state index contributed by atoms with van der Waals surface area (Å²) in [5.74, 6) is 1.23. The van der Waals surface area contributed by atoms with E-state index in [1.54, 1.807) is 11.8 Å². The van der Waals surface area contributed by atoms with Crippen molar-refractivity contribution in [1.29, 1.82) is 0 Å². The van der Waals surface area contributed by atoms with Gasteiger partial charge in [0, 0.05) is 37.3 Å². The third-order valence-electron chi connectivity index (χ3n) is 5.06. The lowest BCUT2D eigenvalue weighted by molar-refractivity contribution is -0.147. The second kappa shape index (κ2) is 11.2. The average Bonchev–Trinajstić information content (AvgIpc) is 3.03. The molecule has 6 heteroatoms. The Hall–Kier alpha value is 0.280. The summed E-state index contributed by atoms with van der Waals surface area (Å²) in [5.41, 5.74) is 0. The molecular weight excluding hydrogens is 354 g/mol. The van der Waals surface area contributed by atoms with Gasteiger partial charge < -0.3 is 14.6 Å². The summed E-state index contributed by atoms with van der Waals surface area (Å²) in [6.45, 7) is 8.86. The lowest BCUT2D eigenvalue weighted by Gasteiger charge is -2.42. The van der Waals surface area contributed by atoms with Crippen LogP contribution in [0.1, 0.15) is 46.5 Å². The van der Waals surface area contributed by atoms with Gasteiger partial charge in [-0.3, -0.25) is 4.90 Å². The van der Waals surface area contributed by atoms with Crippen molar-refractivity contribution in [2.75, 3.05) is 25.5 Å². The van der Waals surface area contributed by atoms with Crippen LogP contribution in [0.2, 0.25) is 0 Å². The van der Waals surface area contributed by atoms with E-state index < -0.39 is 6.23 Å². The summed E-state index contributed by atoms with van der Waals surface area (Å²) in [5, 5.41) is 11.0. The van der Waals surface area contributed by atoms with Gasteiger partial charge in [0.1, 0.15) is 10.9 Å². The molecule has 0 amide bonds. The monoisotopic (exact) mass is 389 g/mol. The largest absolute Gasteiger partial charge is 0.378 e. The highest BCUT2D eigenvalue weighted by Gasteiger charge is 2.43. The highest BCUT2D eigenvalue weighted by Crippen LogP contribution is 2.36. The number of hydrogen-bond acceptors (Lipinski definition) is 6. The van der Waals surface area contributed by atoms with E-state index >= 15 is 0 Å². The van der Waals surface area contributed by atoms with E-state index in [1.165, 1.54) is 0 Å². The van der Waals surface area contributed by atoms with E-state index in [4.69, 9.17) is 9.47 Å². The summed E-state index contributed by atoms with van der Waals surface area (Å²) >= 11 is 6.38. The topological polar surface area (TPSA) is 41.9 Å². The standard InChI is InChI=1S/C19H35NO3S2/c1-4-6-11-22-16-14(3)8-9-15(17(16)23-12-7-5-2)18(21)20-10-13-25-19(20)24/h8-9,14-19,21,24H,4-7,10-13H2,1-3H3/t14-,15+,16?,17?,18+,19?/m1/s1. The maximum absolute atomic E-state index is 11.0. The molecule has 1 saturated heterocycles. The molecule has 1 N–H and O–H groups in total. The van der Waals surface area contributed by atoms with Crippen LogP contribution in [0.15, 0.2) is 12.2 Å². The molecular formula is C19H35NO3S2. The molecule has 0 saturated carbocycles. The van der Waals surface area contributed by atoms with Gasteiger partial charge in [0.25, 0.3) is 0 Å². The Morgan fingerprint density at radius 3 is 2.36 bits per heavy atom. The van der Waals surface area contributed by atoms with Crippen molar-refractivity contribution in [3.05, 3.63) is 12.2 Å². The van der Waals surface area contributed by atoms with E-state index in [2.05, 4.69) is 50.5 Å². The van der Waals surface area contributed by atoms with E-state index in [1.807, 2.05) is 0 Å². The van der Waals surface area contributed by atoms with Crippen LogP contribution in [0.5, 0.6) is 0 Å². The number of thioether (sulfide) groups is 1. The summed E-state index contributed by atoms with van der Waals surface area (Å²) in [6.07, 6.45) is 7.95. The normalized spacial score (nSPS) is 34.5. The smallest absolute Gasteiger partial charge is 0.117 e. The van der Waals surface area contributed by atoms with Gasteiger partial charge in [0.15, 0.2) is 0 Å². The highest BCUT2D eigenvalue weighted by atomic mass is 32.2. The molecule has 2 aliphatic rings. The molecule has 4 nitrogen and oxygen atoms in total. The van der Waals surface area contributed by atoms with Crippen LogP contribution in [0.25, 0.3) is 0 Å². The molecule has 3 unspecified atom stereocenters. The molecule has 0 radical (unpaired) electrons. The zero-order valence-electron chi connectivity index (χ0n) is 15.8. The zero-order chi connectivity index (χ0) is 18.2. The molecule has 25 heavy (non-hydrogen) atoms. The Morgan fingerprint density at radius 1 is 1.16 bits per heavy atom. The molecule has 146 valence electrons. The number of rotatable bonds is 10. The number of unbranched alkanes of at least 4 members (excludes halogenated alkanes) is 2. The zero-order valence-corrected chi connectivity index (χ0v) is 17.6. The fourth-order valence-corrected chi connectivity index (χ4v) is 4.96. The van der Waals surface area contributed by atoms with Crippen molar-refractivity contribution >= 4 is 24.4 Å². The lowest BCUT2D eigenvalue weighted by Crippen LogP contribution is -2.52. The number of aliphatic hydroxyl groups is 1. The lowest BCUT2D eigenvalue weighted by atomic mass is 9.82. The maximum Gasteiger partial charge on any atom is 0.117 e. The molecule has 0 aromatic heterocycles. The van der Waals surface area contributed by atoms with Gasteiger partial charge in [-0.05, 0) is 12.8 Å². The first-order valence-corrected chi connectivity index (χ1v) is 11.3. The van der Waals surface area contributed by atoms with Gasteiger partial charge in [0.05, 0.1) is 12.2 Å². The molecule has 2 rings (SSSR count). The minimum atomic E-state index is -0.579. The Labute approximate surface area is 163 Å². The van der Waals surface area contributed by atoms with E-state index in [-0.39, 0.29) is 22.8 Å². The van der Waals surface area contributed by atoms with Crippen molar-refractivity contribution in [3.63, 3.8) is 0 Å². The van der Waals surface area contributed by atoms with Crippen LogP contribution < -0.4 is 0 Å². The van der Waals surface area contributed by atoms with Crippen LogP contribution in [-0.4, -0.2) is 58.7 Å². The molecule has 1 aliphatic carbocycles. The number of thiol groups is 1. The molecule has 1 aliphatic heterocycles. The van der Waals surface area contributed by atoms with Crippen molar-refractivity contribution in [2.45, 2.75) is 69.6 Å². The summed E-state index contributed by atoms with van der Waals surface area (Å²) in [4.78, 5) is 2.07. The third kappa shape index (κ3) is 5.88. The summed E-state index contributed by atoms with van der Waals surface area (Å²) in [7, 11) is 0. The average molecular weight is 390 g/mol. The second-order valence-electron chi connectivity index (χ2n) is 7.05. The Morgan fingerprint density at radius 2 is 1.80 bits per heavy atom. The maximum atomic E-state index is 11.0. The van der Waals surface area contributed by atoms with E-state index in [0.717, 1.165) is 51.2 Å². The Kier molecular flexibility index (Phi) is 9.67. The molecule has 6 atom stereocenters. The van der Waals surface area contributed by atoms with Crippen LogP contribution in [0.3, 0.4) is 0 Å². The van der Waals surface area contributed by atoms with Gasteiger partial charge in [-0.1, -0.05) is 45.8 Å². The Bertz CT molecular complexity index is 410. The van der Waals surface area contributed by atoms with Gasteiger partial charge in [-0.2, -0.15) is 0 Å². The van der Waals surface area contributed by atoms with Gasteiger partial charge in [0.2, 0.25) is 0 Å². The van der Waals surface area contributed by atoms with Crippen molar-refractivity contribution < 1.29 is 14.6 Å². The van der Waals surface area contributed by atoms with Crippen LogP contribution >= 0.6 is 24.4 Å². The van der Waals surface area contributed by atoms with E-state index in [9.17, 15) is 5.11 Å². The van der Waals surface area contributed by atoms with Crippen LogP contribution in [0, 0.1) is 11.8 Å². The van der Waals surface area contributed by atoms with Crippen LogP contribution in [-0.2, 0) is 9.47 Å². The predicted molar refractivity (Wildman–Crippen MR) is 109 cm³/mol. The highest BCUT2D eigenvalue weighted by molar-refractivity contribution is 8.10. The number of aliphatic hydroxyl groups excluding tert-OH is 1. The number of nitrogens with zero attached hydrogens (tertiary/aromatic N) is 1. The minimum Gasteiger partial charge on any atom is -0.378 e. The first kappa shape index (κ1) is 21.6. The third-order valence-corrected chi connectivity index (χ3v) is 6.79. The second-order valence-corrected chi connectivity index (χ2v) is 9.07. The molecule has 0 aromatic carbocycles. The first-order valence-electron chi connectivity index (χ1n) is 9.75. The van der Waals surface area contributed by atoms with Gasteiger partial charge >= 0.3 is 0 Å². The Balaban J connectivity index is 2.11. The quantitative estimate of drug-likeness (QED) is 0.338. The molecule has 0 spiro atoms. The molecule has 0 aromatic rings. The molecule has 0 bridgehead atoms. The molecule has 1 heterocycles. The van der Waals surface area contributed by atoms with Gasteiger partial charge in [-0.15, -0.1) is 24.4 Å². The first-order chi connectivity index (χ1) is 12.1. The number of ether oxygens (including phenoxy) is 2. The number of hydrogen-bond donors (Lipinski definition) is 2. The minimum absolute atomic E-state index is 0.00156.